The Hall–Kier alpha value is -2.04. The van der Waals surface area contributed by atoms with Crippen LogP contribution in [-0.4, -0.2) is 29.8 Å². The van der Waals surface area contributed by atoms with Crippen molar-refractivity contribution in [1.29, 1.82) is 0 Å². The predicted octanol–water partition coefficient (Wildman–Crippen LogP) is 6.98. The molecular weight excluding hydrogens is 443 g/mol. The Morgan fingerprint density at radius 1 is 0.875 bits per heavy atom. The van der Waals surface area contributed by atoms with Crippen molar-refractivity contribution in [3.8, 4) is 0 Å². The van der Waals surface area contributed by atoms with Gasteiger partial charge in [-0.3, -0.25) is 9.59 Å². The summed E-state index contributed by atoms with van der Waals surface area (Å²) in [4.78, 5) is 30.4. The number of hydrogen-bond acceptors (Lipinski definition) is 2. The van der Waals surface area contributed by atoms with E-state index in [1.807, 2.05) is 34.1 Å². The van der Waals surface area contributed by atoms with Gasteiger partial charge >= 0.3 is 0 Å². The molecule has 0 saturated carbocycles. The van der Waals surface area contributed by atoms with Crippen molar-refractivity contribution in [3.05, 3.63) is 63.6 Å². The van der Waals surface area contributed by atoms with Gasteiger partial charge in [0.15, 0.2) is 0 Å². The Bertz CT molecular complexity index is 925. The first-order valence-corrected chi connectivity index (χ1v) is 12.3. The third kappa shape index (κ3) is 6.26. The second-order valence-corrected chi connectivity index (χ2v) is 9.68. The first-order valence-electron chi connectivity index (χ1n) is 11.5. The van der Waals surface area contributed by atoms with Crippen LogP contribution >= 0.6 is 23.2 Å². The number of halogens is 2. The number of carbonyl (C=O) groups is 2. The molecule has 6 heteroatoms. The van der Waals surface area contributed by atoms with E-state index in [0.29, 0.717) is 41.7 Å². The lowest BCUT2D eigenvalue weighted by molar-refractivity contribution is -0.119. The molecule has 2 aromatic rings. The van der Waals surface area contributed by atoms with Crippen LogP contribution in [0.3, 0.4) is 0 Å². The quantitative estimate of drug-likeness (QED) is 0.481. The molecule has 0 spiro atoms. The molecule has 0 unspecified atom stereocenters. The molecule has 32 heavy (non-hydrogen) atoms. The zero-order valence-electron chi connectivity index (χ0n) is 18.9. The zero-order valence-corrected chi connectivity index (χ0v) is 20.5. The number of anilines is 1. The number of benzene rings is 2. The molecule has 0 radical (unpaired) electrons. The number of para-hydroxylation sites is 1. The minimum absolute atomic E-state index is 0.136. The van der Waals surface area contributed by atoms with Crippen LogP contribution in [-0.2, 0) is 11.3 Å². The molecule has 0 N–H and O–H groups in total. The summed E-state index contributed by atoms with van der Waals surface area (Å²) in [6.45, 7) is 5.85. The molecule has 0 bridgehead atoms. The average molecular weight is 475 g/mol. The summed E-state index contributed by atoms with van der Waals surface area (Å²) < 4.78 is 0. The Balaban J connectivity index is 1.98. The molecule has 0 atom stereocenters. The third-order valence-electron chi connectivity index (χ3n) is 5.80. The second kappa shape index (κ2) is 11.7. The largest absolute Gasteiger partial charge is 0.334 e. The number of carbonyl (C=O) groups excluding carboxylic acids is 2. The lowest BCUT2D eigenvalue weighted by atomic mass is 10.0. The zero-order chi connectivity index (χ0) is 23.1. The van der Waals surface area contributed by atoms with E-state index >= 15 is 0 Å². The minimum Gasteiger partial charge on any atom is -0.334 e. The van der Waals surface area contributed by atoms with Gasteiger partial charge in [-0.2, -0.15) is 0 Å². The SMILES string of the molecule is CC(C)CC(=O)N1CCCCCCCN(C(=O)c2c(Cl)cccc2Cl)Cc2ccccc21. The van der Waals surface area contributed by atoms with E-state index in [1.54, 1.807) is 18.2 Å². The topological polar surface area (TPSA) is 40.6 Å². The van der Waals surface area contributed by atoms with Gasteiger partial charge in [-0.25, -0.2) is 0 Å². The van der Waals surface area contributed by atoms with E-state index in [0.717, 1.165) is 43.4 Å². The standard InChI is InChI=1S/C26H32Cl2N2O2/c1-19(2)17-24(31)30-16-9-5-3-4-8-15-29(18-20-11-6-7-14-23(20)30)26(32)25-21(27)12-10-13-22(25)28/h6-7,10-14,19H,3-5,8-9,15-18H2,1-2H3. The van der Waals surface area contributed by atoms with Gasteiger partial charge in [0.25, 0.3) is 5.91 Å². The molecule has 4 nitrogen and oxygen atoms in total. The van der Waals surface area contributed by atoms with Gasteiger partial charge in [0, 0.05) is 31.7 Å². The number of amides is 2. The van der Waals surface area contributed by atoms with E-state index < -0.39 is 0 Å². The van der Waals surface area contributed by atoms with Crippen molar-refractivity contribution in [1.82, 2.24) is 4.90 Å². The van der Waals surface area contributed by atoms with E-state index in [9.17, 15) is 9.59 Å². The Morgan fingerprint density at radius 3 is 2.19 bits per heavy atom. The van der Waals surface area contributed by atoms with Crippen LogP contribution < -0.4 is 4.90 Å². The molecule has 172 valence electrons. The maximum Gasteiger partial charge on any atom is 0.257 e. The summed E-state index contributed by atoms with van der Waals surface area (Å²) in [6, 6.07) is 13.0. The molecule has 0 aliphatic carbocycles. The van der Waals surface area contributed by atoms with Gasteiger partial charge in [0.1, 0.15) is 0 Å². The maximum atomic E-state index is 13.5. The molecule has 1 aliphatic heterocycles. The molecule has 0 fully saturated rings. The first kappa shape index (κ1) is 24.6. The fourth-order valence-corrected chi connectivity index (χ4v) is 4.73. The van der Waals surface area contributed by atoms with Crippen LogP contribution in [0, 0.1) is 5.92 Å². The highest BCUT2D eigenvalue weighted by Gasteiger charge is 2.25. The molecular formula is C26H32Cl2N2O2. The summed E-state index contributed by atoms with van der Waals surface area (Å²) in [5.74, 6) is 0.251. The van der Waals surface area contributed by atoms with Crippen molar-refractivity contribution < 1.29 is 9.59 Å². The monoisotopic (exact) mass is 474 g/mol. The van der Waals surface area contributed by atoms with Gasteiger partial charge in [-0.15, -0.1) is 0 Å². The summed E-state index contributed by atoms with van der Waals surface area (Å²) in [7, 11) is 0. The summed E-state index contributed by atoms with van der Waals surface area (Å²) >= 11 is 12.7. The molecule has 3 rings (SSSR count). The lowest BCUT2D eigenvalue weighted by Gasteiger charge is -2.30. The highest BCUT2D eigenvalue weighted by molar-refractivity contribution is 6.39. The number of rotatable bonds is 3. The van der Waals surface area contributed by atoms with Gasteiger partial charge in [0.05, 0.1) is 15.6 Å². The van der Waals surface area contributed by atoms with Gasteiger partial charge in [-0.05, 0) is 42.5 Å². The highest BCUT2D eigenvalue weighted by Crippen LogP contribution is 2.29. The molecule has 2 amide bonds. The third-order valence-corrected chi connectivity index (χ3v) is 6.43. The molecule has 2 aromatic carbocycles. The number of nitrogens with zero attached hydrogens (tertiary/aromatic N) is 2. The van der Waals surface area contributed by atoms with Gasteiger partial charge in [-0.1, -0.05) is 80.6 Å². The normalized spacial score (nSPS) is 15.7. The summed E-state index contributed by atoms with van der Waals surface area (Å²) in [5, 5.41) is 0.714. The van der Waals surface area contributed by atoms with Crippen LogP contribution in [0.4, 0.5) is 5.69 Å². The van der Waals surface area contributed by atoms with Crippen LogP contribution in [0.5, 0.6) is 0 Å². The van der Waals surface area contributed by atoms with Crippen molar-refractivity contribution >= 4 is 40.7 Å². The van der Waals surface area contributed by atoms with Crippen molar-refractivity contribution in [2.75, 3.05) is 18.0 Å². The Kier molecular flexibility index (Phi) is 9.01. The fraction of sp³-hybridized carbons (Fsp3) is 0.462. The van der Waals surface area contributed by atoms with Crippen LogP contribution in [0.1, 0.15) is 68.3 Å². The Labute approximate surface area is 201 Å². The Morgan fingerprint density at radius 2 is 1.50 bits per heavy atom. The van der Waals surface area contributed by atoms with Gasteiger partial charge in [0.2, 0.25) is 5.91 Å². The predicted molar refractivity (Wildman–Crippen MR) is 133 cm³/mol. The van der Waals surface area contributed by atoms with E-state index in [4.69, 9.17) is 23.2 Å². The first-order chi connectivity index (χ1) is 15.4. The van der Waals surface area contributed by atoms with Crippen molar-refractivity contribution in [2.24, 2.45) is 5.92 Å². The lowest BCUT2D eigenvalue weighted by Crippen LogP contribution is -2.36. The van der Waals surface area contributed by atoms with Crippen molar-refractivity contribution in [3.63, 3.8) is 0 Å². The van der Waals surface area contributed by atoms with Crippen LogP contribution in [0.25, 0.3) is 0 Å². The maximum absolute atomic E-state index is 13.5. The van der Waals surface area contributed by atoms with Crippen molar-refractivity contribution in [2.45, 2.75) is 58.9 Å². The van der Waals surface area contributed by atoms with E-state index in [2.05, 4.69) is 13.8 Å². The molecule has 1 aliphatic rings. The summed E-state index contributed by atoms with van der Waals surface area (Å²) in [6.07, 6.45) is 5.61. The fourth-order valence-electron chi connectivity index (χ4n) is 4.17. The molecule has 1 heterocycles. The minimum atomic E-state index is -0.174. The molecule has 0 aromatic heterocycles. The van der Waals surface area contributed by atoms with Crippen LogP contribution in [0.2, 0.25) is 10.0 Å². The number of fused-ring (bicyclic) bond motifs is 1. The van der Waals surface area contributed by atoms with Gasteiger partial charge < -0.3 is 9.80 Å². The second-order valence-electron chi connectivity index (χ2n) is 8.86. The summed E-state index contributed by atoms with van der Waals surface area (Å²) in [5.41, 5.74) is 2.19. The van der Waals surface area contributed by atoms with Crippen LogP contribution in [0.15, 0.2) is 42.5 Å². The molecule has 0 saturated heterocycles. The van der Waals surface area contributed by atoms with E-state index in [1.165, 1.54) is 0 Å². The highest BCUT2D eigenvalue weighted by atomic mass is 35.5. The average Bonchev–Trinajstić information content (AvgIpc) is 2.73. The number of hydrogen-bond donors (Lipinski definition) is 0. The smallest absolute Gasteiger partial charge is 0.257 e. The van der Waals surface area contributed by atoms with E-state index in [-0.39, 0.29) is 17.7 Å².